The molecule has 0 amide bonds. The molecule has 0 aliphatic heterocycles. The van der Waals surface area contributed by atoms with Crippen molar-refractivity contribution in [1.29, 1.82) is 0 Å². The lowest BCUT2D eigenvalue weighted by Crippen LogP contribution is -2.08. The largest absolute Gasteiger partial charge is 0.478 e. The van der Waals surface area contributed by atoms with Crippen LogP contribution in [0.3, 0.4) is 0 Å². The first kappa shape index (κ1) is 14.4. The molecule has 0 aliphatic carbocycles. The Morgan fingerprint density at radius 2 is 2.00 bits per heavy atom. The molecule has 1 aromatic carbocycles. The number of rotatable bonds is 5. The Bertz CT molecular complexity index is 688. The number of pyridine rings is 1. The predicted octanol–water partition coefficient (Wildman–Crippen LogP) is 2.44. The van der Waals surface area contributed by atoms with Gasteiger partial charge in [0, 0.05) is 24.9 Å². The van der Waals surface area contributed by atoms with E-state index < -0.39 is 22.3 Å². The predicted molar refractivity (Wildman–Crippen MR) is 71.6 cm³/mol. The maximum atomic E-state index is 13.8. The molecule has 0 radical (unpaired) electrons. The van der Waals surface area contributed by atoms with E-state index in [-0.39, 0.29) is 18.1 Å². The van der Waals surface area contributed by atoms with Crippen LogP contribution in [0.1, 0.15) is 15.9 Å². The van der Waals surface area contributed by atoms with Crippen LogP contribution in [0.5, 0.6) is 0 Å². The van der Waals surface area contributed by atoms with Gasteiger partial charge in [0.1, 0.15) is 5.56 Å². The van der Waals surface area contributed by atoms with Gasteiger partial charge in [-0.3, -0.25) is 10.1 Å². The van der Waals surface area contributed by atoms with Gasteiger partial charge in [0.2, 0.25) is 0 Å². The van der Waals surface area contributed by atoms with Crippen LogP contribution < -0.4 is 5.32 Å². The number of non-ortho nitro benzene ring substituents is 1. The zero-order valence-corrected chi connectivity index (χ0v) is 10.6. The summed E-state index contributed by atoms with van der Waals surface area (Å²) in [6.45, 7) is 0.158. The fourth-order valence-corrected chi connectivity index (χ4v) is 1.65. The van der Waals surface area contributed by atoms with Crippen molar-refractivity contribution in [3.63, 3.8) is 0 Å². The third-order valence-corrected chi connectivity index (χ3v) is 2.73. The van der Waals surface area contributed by atoms with Crippen molar-refractivity contribution < 1.29 is 19.2 Å². The summed E-state index contributed by atoms with van der Waals surface area (Å²) in [5.41, 5.74) is 0.148. The van der Waals surface area contributed by atoms with Crippen molar-refractivity contribution >= 4 is 17.5 Å². The molecule has 0 fully saturated rings. The van der Waals surface area contributed by atoms with Gasteiger partial charge in [-0.1, -0.05) is 12.1 Å². The van der Waals surface area contributed by atoms with Crippen LogP contribution in [0, 0.1) is 15.9 Å². The van der Waals surface area contributed by atoms with Crippen molar-refractivity contribution in [2.24, 2.45) is 0 Å². The van der Waals surface area contributed by atoms with E-state index in [0.717, 1.165) is 6.07 Å². The highest BCUT2D eigenvalue weighted by molar-refractivity contribution is 5.88. The normalized spacial score (nSPS) is 10.1. The molecule has 0 saturated heterocycles. The van der Waals surface area contributed by atoms with Crippen LogP contribution >= 0.6 is 0 Å². The van der Waals surface area contributed by atoms with E-state index in [1.165, 1.54) is 30.5 Å². The number of nitrogens with zero attached hydrogens (tertiary/aromatic N) is 2. The molecule has 0 atom stereocenters. The summed E-state index contributed by atoms with van der Waals surface area (Å²) in [4.78, 5) is 24.5. The van der Waals surface area contributed by atoms with Crippen LogP contribution in [-0.2, 0) is 6.54 Å². The highest BCUT2D eigenvalue weighted by Crippen LogP contribution is 2.17. The van der Waals surface area contributed by atoms with Crippen molar-refractivity contribution in [2.45, 2.75) is 6.54 Å². The Kier molecular flexibility index (Phi) is 4.07. The highest BCUT2D eigenvalue weighted by atomic mass is 19.1. The minimum absolute atomic E-state index is 0.0454. The SMILES string of the molecule is O=C(O)c1ccnc(NCc2ccc([N+](=O)[O-])cc2)c1F. The molecular weight excluding hydrogens is 281 g/mol. The van der Waals surface area contributed by atoms with E-state index in [1.807, 2.05) is 0 Å². The molecule has 0 spiro atoms. The van der Waals surface area contributed by atoms with Gasteiger partial charge >= 0.3 is 5.97 Å². The van der Waals surface area contributed by atoms with E-state index in [4.69, 9.17) is 5.11 Å². The number of anilines is 1. The lowest BCUT2D eigenvalue weighted by molar-refractivity contribution is -0.384. The number of carboxylic acids is 1. The fraction of sp³-hybridized carbons (Fsp3) is 0.0769. The zero-order chi connectivity index (χ0) is 15.4. The summed E-state index contributed by atoms with van der Waals surface area (Å²) in [6.07, 6.45) is 1.19. The maximum absolute atomic E-state index is 13.8. The molecule has 21 heavy (non-hydrogen) atoms. The summed E-state index contributed by atoms with van der Waals surface area (Å²) < 4.78 is 13.8. The Morgan fingerprint density at radius 1 is 1.33 bits per heavy atom. The van der Waals surface area contributed by atoms with Crippen molar-refractivity contribution in [1.82, 2.24) is 4.98 Å². The Labute approximate surface area is 118 Å². The summed E-state index contributed by atoms with van der Waals surface area (Å²) in [7, 11) is 0. The number of hydrogen-bond donors (Lipinski definition) is 2. The smallest absolute Gasteiger partial charge is 0.338 e. The Morgan fingerprint density at radius 3 is 2.57 bits per heavy atom. The number of carbonyl (C=O) groups is 1. The molecule has 1 heterocycles. The standard InChI is InChI=1S/C13H10FN3O4/c14-11-10(13(18)19)5-6-15-12(11)16-7-8-1-3-9(4-2-8)17(20)21/h1-6H,7H2,(H,15,16)(H,18,19). The fourth-order valence-electron chi connectivity index (χ4n) is 1.65. The number of halogens is 1. The minimum atomic E-state index is -1.38. The molecule has 2 aromatic rings. The van der Waals surface area contributed by atoms with Crippen molar-refractivity contribution in [3.05, 3.63) is 63.6 Å². The molecule has 2 rings (SSSR count). The van der Waals surface area contributed by atoms with Crippen LogP contribution in [-0.4, -0.2) is 21.0 Å². The van der Waals surface area contributed by atoms with Gasteiger partial charge in [0.15, 0.2) is 11.6 Å². The van der Waals surface area contributed by atoms with Crippen LogP contribution in [0.4, 0.5) is 15.9 Å². The molecule has 1 aromatic heterocycles. The number of nitro groups is 1. The third kappa shape index (κ3) is 3.30. The highest BCUT2D eigenvalue weighted by Gasteiger charge is 2.14. The first-order valence-corrected chi connectivity index (χ1v) is 5.84. The van der Waals surface area contributed by atoms with Gasteiger partial charge < -0.3 is 10.4 Å². The average Bonchev–Trinajstić information content (AvgIpc) is 2.46. The number of aromatic nitrogens is 1. The number of hydrogen-bond acceptors (Lipinski definition) is 5. The van der Waals surface area contributed by atoms with Gasteiger partial charge in [0.25, 0.3) is 5.69 Å². The molecule has 0 aliphatic rings. The topological polar surface area (TPSA) is 105 Å². The lowest BCUT2D eigenvalue weighted by Gasteiger charge is -2.07. The molecule has 7 nitrogen and oxygen atoms in total. The van der Waals surface area contributed by atoms with Gasteiger partial charge in [-0.05, 0) is 11.6 Å². The lowest BCUT2D eigenvalue weighted by atomic mass is 10.2. The number of carboxylic acid groups (broad SMARTS) is 1. The molecule has 8 heteroatoms. The number of benzene rings is 1. The molecule has 0 bridgehead atoms. The van der Waals surface area contributed by atoms with E-state index in [1.54, 1.807) is 0 Å². The quantitative estimate of drug-likeness (QED) is 0.647. The summed E-state index contributed by atoms with van der Waals surface area (Å²) in [6, 6.07) is 6.76. The second kappa shape index (κ2) is 5.95. The third-order valence-electron chi connectivity index (χ3n) is 2.73. The van der Waals surface area contributed by atoms with Gasteiger partial charge in [-0.25, -0.2) is 14.2 Å². The van der Waals surface area contributed by atoms with E-state index >= 15 is 0 Å². The van der Waals surface area contributed by atoms with Crippen LogP contribution in [0.15, 0.2) is 36.5 Å². The molecule has 2 N–H and O–H groups in total. The van der Waals surface area contributed by atoms with Crippen LogP contribution in [0.25, 0.3) is 0 Å². The summed E-state index contributed by atoms with van der Waals surface area (Å²) >= 11 is 0. The molecule has 108 valence electrons. The minimum Gasteiger partial charge on any atom is -0.478 e. The molecule has 0 unspecified atom stereocenters. The van der Waals surface area contributed by atoms with E-state index in [0.29, 0.717) is 5.56 Å². The first-order valence-electron chi connectivity index (χ1n) is 5.84. The first-order chi connectivity index (χ1) is 9.99. The second-order valence-electron chi connectivity index (χ2n) is 4.10. The van der Waals surface area contributed by atoms with E-state index in [9.17, 15) is 19.3 Å². The average molecular weight is 291 g/mol. The van der Waals surface area contributed by atoms with Gasteiger partial charge in [-0.15, -0.1) is 0 Å². The second-order valence-corrected chi connectivity index (χ2v) is 4.10. The number of nitro benzene ring substituents is 1. The molecule has 0 saturated carbocycles. The zero-order valence-electron chi connectivity index (χ0n) is 10.6. The number of nitrogens with one attached hydrogen (secondary N) is 1. The van der Waals surface area contributed by atoms with Crippen LogP contribution in [0.2, 0.25) is 0 Å². The maximum Gasteiger partial charge on any atom is 0.338 e. The summed E-state index contributed by atoms with van der Waals surface area (Å²) in [5, 5.41) is 22.0. The van der Waals surface area contributed by atoms with Crippen molar-refractivity contribution in [2.75, 3.05) is 5.32 Å². The molecular formula is C13H10FN3O4. The Hall–Kier alpha value is -3.03. The number of aromatic carboxylic acids is 1. The summed E-state index contributed by atoms with van der Waals surface area (Å²) in [5.74, 6) is -2.52. The van der Waals surface area contributed by atoms with E-state index in [2.05, 4.69) is 10.3 Å². The monoisotopic (exact) mass is 291 g/mol. The van der Waals surface area contributed by atoms with Crippen molar-refractivity contribution in [3.8, 4) is 0 Å². The van der Waals surface area contributed by atoms with Gasteiger partial charge in [0.05, 0.1) is 4.92 Å². The van der Waals surface area contributed by atoms with Gasteiger partial charge in [-0.2, -0.15) is 0 Å². The Balaban J connectivity index is 2.11.